The smallest absolute Gasteiger partial charge is 0.325 e. The number of benzene rings is 2. The standard InChI is InChI=1S/C18H12ClF3N4O2S2/c19-12-5-1-3-10(7-12)15(28)24-16-25-26-17(30-16)29-9-14(27)23-13-6-2-4-11(8-13)18(20,21)22/h1-8H,9H2,(H,23,27)(H,24,25,28). The summed E-state index contributed by atoms with van der Waals surface area (Å²) in [5.41, 5.74) is -0.452. The zero-order chi connectivity index (χ0) is 21.7. The number of nitrogens with zero attached hydrogens (tertiary/aromatic N) is 2. The number of nitrogens with one attached hydrogen (secondary N) is 2. The molecular formula is C18H12ClF3N4O2S2. The number of hydrogen-bond acceptors (Lipinski definition) is 6. The number of amides is 2. The van der Waals surface area contributed by atoms with Crippen molar-refractivity contribution < 1.29 is 22.8 Å². The van der Waals surface area contributed by atoms with Crippen LogP contribution in [0.1, 0.15) is 15.9 Å². The number of carbonyl (C=O) groups is 2. The Bertz CT molecular complexity index is 1080. The van der Waals surface area contributed by atoms with E-state index >= 15 is 0 Å². The van der Waals surface area contributed by atoms with E-state index in [4.69, 9.17) is 11.6 Å². The number of aromatic nitrogens is 2. The summed E-state index contributed by atoms with van der Waals surface area (Å²) >= 11 is 7.96. The molecule has 0 bridgehead atoms. The average Bonchev–Trinajstić information content (AvgIpc) is 3.13. The van der Waals surface area contributed by atoms with Crippen molar-refractivity contribution in [1.82, 2.24) is 10.2 Å². The molecule has 1 aromatic heterocycles. The first-order valence-corrected chi connectivity index (χ1v) is 10.4. The van der Waals surface area contributed by atoms with Gasteiger partial charge in [0.05, 0.1) is 11.3 Å². The molecule has 1 heterocycles. The molecule has 0 unspecified atom stereocenters. The number of halogens is 4. The number of carbonyl (C=O) groups excluding carboxylic acids is 2. The monoisotopic (exact) mass is 472 g/mol. The van der Waals surface area contributed by atoms with Crippen molar-refractivity contribution in [2.24, 2.45) is 0 Å². The highest BCUT2D eigenvalue weighted by atomic mass is 35.5. The second kappa shape index (κ2) is 9.45. The zero-order valence-corrected chi connectivity index (χ0v) is 17.3. The second-order valence-corrected chi connectivity index (χ2v) is 8.39. The van der Waals surface area contributed by atoms with E-state index in [-0.39, 0.29) is 16.6 Å². The van der Waals surface area contributed by atoms with Gasteiger partial charge in [-0.1, -0.05) is 46.8 Å². The number of anilines is 2. The van der Waals surface area contributed by atoms with Crippen LogP contribution in [0.5, 0.6) is 0 Å². The first-order chi connectivity index (χ1) is 14.2. The maximum absolute atomic E-state index is 12.7. The van der Waals surface area contributed by atoms with Crippen molar-refractivity contribution in [3.05, 3.63) is 64.7 Å². The highest BCUT2D eigenvalue weighted by Gasteiger charge is 2.30. The van der Waals surface area contributed by atoms with Gasteiger partial charge < -0.3 is 5.32 Å². The second-order valence-electron chi connectivity index (χ2n) is 5.75. The summed E-state index contributed by atoms with van der Waals surface area (Å²) in [6.07, 6.45) is -4.49. The predicted octanol–water partition coefficient (Wildman–Crippen LogP) is 5.19. The van der Waals surface area contributed by atoms with Crippen LogP contribution >= 0.6 is 34.7 Å². The van der Waals surface area contributed by atoms with Gasteiger partial charge in [0.2, 0.25) is 11.0 Å². The average molecular weight is 473 g/mol. The Morgan fingerprint density at radius 1 is 1.07 bits per heavy atom. The number of thioether (sulfide) groups is 1. The minimum atomic E-state index is -4.49. The molecule has 30 heavy (non-hydrogen) atoms. The normalized spacial score (nSPS) is 11.2. The molecule has 0 aliphatic carbocycles. The van der Waals surface area contributed by atoms with Crippen LogP contribution in [0.2, 0.25) is 5.02 Å². The van der Waals surface area contributed by atoms with Crippen LogP contribution in [0.15, 0.2) is 52.9 Å². The van der Waals surface area contributed by atoms with Crippen molar-refractivity contribution in [2.45, 2.75) is 10.5 Å². The van der Waals surface area contributed by atoms with Gasteiger partial charge >= 0.3 is 6.18 Å². The predicted molar refractivity (Wildman–Crippen MR) is 110 cm³/mol. The van der Waals surface area contributed by atoms with Gasteiger partial charge in [-0.05, 0) is 36.4 Å². The van der Waals surface area contributed by atoms with E-state index in [1.165, 1.54) is 18.2 Å². The minimum absolute atomic E-state index is 0.0437. The van der Waals surface area contributed by atoms with Crippen molar-refractivity contribution in [2.75, 3.05) is 16.4 Å². The largest absolute Gasteiger partial charge is 0.416 e. The van der Waals surface area contributed by atoms with Crippen LogP contribution in [-0.2, 0) is 11.0 Å². The van der Waals surface area contributed by atoms with Gasteiger partial charge in [0.25, 0.3) is 5.91 Å². The highest BCUT2D eigenvalue weighted by molar-refractivity contribution is 8.01. The van der Waals surface area contributed by atoms with Crippen LogP contribution in [0.3, 0.4) is 0 Å². The third-order valence-electron chi connectivity index (χ3n) is 3.51. The van der Waals surface area contributed by atoms with Gasteiger partial charge in [0, 0.05) is 16.3 Å². The van der Waals surface area contributed by atoms with Gasteiger partial charge in [-0.2, -0.15) is 13.2 Å². The topological polar surface area (TPSA) is 84.0 Å². The lowest BCUT2D eigenvalue weighted by molar-refractivity contribution is -0.137. The number of alkyl halides is 3. The van der Waals surface area contributed by atoms with Crippen molar-refractivity contribution in [1.29, 1.82) is 0 Å². The van der Waals surface area contributed by atoms with Crippen molar-refractivity contribution in [3.63, 3.8) is 0 Å². The van der Waals surface area contributed by atoms with Crippen LogP contribution in [0, 0.1) is 0 Å². The molecule has 0 radical (unpaired) electrons. The molecule has 0 aliphatic rings. The fourth-order valence-electron chi connectivity index (χ4n) is 2.22. The molecule has 2 N–H and O–H groups in total. The highest BCUT2D eigenvalue weighted by Crippen LogP contribution is 2.31. The molecule has 2 aromatic carbocycles. The van der Waals surface area contributed by atoms with E-state index in [1.54, 1.807) is 18.2 Å². The molecule has 0 spiro atoms. The zero-order valence-electron chi connectivity index (χ0n) is 14.9. The Balaban J connectivity index is 1.53. The van der Waals surface area contributed by atoms with Crippen LogP contribution in [0.4, 0.5) is 24.0 Å². The quantitative estimate of drug-likeness (QED) is 0.381. The summed E-state index contributed by atoms with van der Waals surface area (Å²) in [5.74, 6) is -1.00. The van der Waals surface area contributed by atoms with E-state index in [9.17, 15) is 22.8 Å². The van der Waals surface area contributed by atoms with Crippen molar-refractivity contribution >= 4 is 57.3 Å². The molecule has 0 saturated carbocycles. The minimum Gasteiger partial charge on any atom is -0.325 e. The Labute approximate surface area is 181 Å². The molecule has 0 fully saturated rings. The third-order valence-corrected chi connectivity index (χ3v) is 5.72. The van der Waals surface area contributed by atoms with Crippen molar-refractivity contribution in [3.8, 4) is 0 Å². The molecule has 3 aromatic rings. The first kappa shape index (κ1) is 22.1. The Morgan fingerprint density at radius 3 is 2.57 bits per heavy atom. The maximum Gasteiger partial charge on any atom is 0.416 e. The summed E-state index contributed by atoms with van der Waals surface area (Å²) < 4.78 is 38.6. The van der Waals surface area contributed by atoms with E-state index in [2.05, 4.69) is 20.8 Å². The van der Waals surface area contributed by atoms with E-state index in [0.717, 1.165) is 35.2 Å². The van der Waals surface area contributed by atoms with Gasteiger partial charge in [-0.3, -0.25) is 14.9 Å². The first-order valence-electron chi connectivity index (χ1n) is 8.21. The van der Waals surface area contributed by atoms with Crippen LogP contribution < -0.4 is 10.6 Å². The fraction of sp³-hybridized carbons (Fsp3) is 0.111. The molecule has 0 saturated heterocycles. The van der Waals surface area contributed by atoms with Crippen LogP contribution in [-0.4, -0.2) is 27.8 Å². The van der Waals surface area contributed by atoms with E-state index in [0.29, 0.717) is 14.9 Å². The summed E-state index contributed by atoms with van der Waals surface area (Å²) in [4.78, 5) is 24.2. The fourth-order valence-corrected chi connectivity index (χ4v) is 3.95. The molecule has 2 amide bonds. The Kier molecular flexibility index (Phi) is 6.95. The van der Waals surface area contributed by atoms with Gasteiger partial charge in [-0.15, -0.1) is 10.2 Å². The molecule has 12 heteroatoms. The summed E-state index contributed by atoms with van der Waals surface area (Å²) in [6.45, 7) is 0. The molecular weight excluding hydrogens is 461 g/mol. The molecule has 3 rings (SSSR count). The van der Waals surface area contributed by atoms with Crippen LogP contribution in [0.25, 0.3) is 0 Å². The van der Waals surface area contributed by atoms with Gasteiger partial charge in [0.15, 0.2) is 4.34 Å². The SMILES string of the molecule is O=C(CSc1nnc(NC(=O)c2cccc(Cl)c2)s1)Nc1cccc(C(F)(F)F)c1. The van der Waals surface area contributed by atoms with E-state index in [1.807, 2.05) is 0 Å². The summed E-state index contributed by atoms with van der Waals surface area (Å²) in [5, 5.41) is 13.3. The number of rotatable bonds is 6. The Morgan fingerprint density at radius 2 is 1.83 bits per heavy atom. The van der Waals surface area contributed by atoms with E-state index < -0.39 is 23.6 Å². The summed E-state index contributed by atoms with van der Waals surface area (Å²) in [6, 6.07) is 10.7. The maximum atomic E-state index is 12.7. The molecule has 156 valence electrons. The summed E-state index contributed by atoms with van der Waals surface area (Å²) in [7, 11) is 0. The molecule has 0 aliphatic heterocycles. The van der Waals surface area contributed by atoms with Gasteiger partial charge in [0.1, 0.15) is 0 Å². The lowest BCUT2D eigenvalue weighted by Gasteiger charge is -2.09. The number of hydrogen-bond donors (Lipinski definition) is 2. The lowest BCUT2D eigenvalue weighted by atomic mass is 10.2. The van der Waals surface area contributed by atoms with Gasteiger partial charge in [-0.25, -0.2) is 0 Å². The molecule has 0 atom stereocenters. The lowest BCUT2D eigenvalue weighted by Crippen LogP contribution is -2.15. The molecule has 6 nitrogen and oxygen atoms in total. The third kappa shape index (κ3) is 6.18. The Hall–Kier alpha value is -2.63.